The highest BCUT2D eigenvalue weighted by molar-refractivity contribution is 6.35. The van der Waals surface area contributed by atoms with Gasteiger partial charge >= 0.3 is 0 Å². The van der Waals surface area contributed by atoms with Crippen molar-refractivity contribution in [2.24, 2.45) is 0 Å². The third-order valence-corrected chi connectivity index (χ3v) is 5.48. The van der Waals surface area contributed by atoms with Gasteiger partial charge in [0.05, 0.1) is 12.1 Å². The van der Waals surface area contributed by atoms with Crippen molar-refractivity contribution in [3.8, 4) is 0 Å². The van der Waals surface area contributed by atoms with E-state index in [0.717, 1.165) is 35.0 Å². The summed E-state index contributed by atoms with van der Waals surface area (Å²) in [5, 5.41) is 1.72. The average molecular weight is 435 g/mol. The topological polar surface area (TPSA) is 48.1 Å². The molecule has 3 aromatic rings. The lowest BCUT2D eigenvalue weighted by Crippen LogP contribution is -2.24. The van der Waals surface area contributed by atoms with E-state index in [1.807, 2.05) is 18.2 Å². The fourth-order valence-electron chi connectivity index (χ4n) is 3.32. The highest BCUT2D eigenvalue weighted by atomic mass is 35.5. The van der Waals surface area contributed by atoms with Crippen LogP contribution in [0.1, 0.15) is 18.3 Å². The van der Waals surface area contributed by atoms with Gasteiger partial charge < -0.3 is 14.8 Å². The van der Waals surface area contributed by atoms with Crippen LogP contribution >= 0.6 is 34.8 Å². The molecule has 0 bridgehead atoms. The molecule has 3 heterocycles. The number of H-pyrrole nitrogens is 1. The van der Waals surface area contributed by atoms with Crippen molar-refractivity contribution in [3.63, 3.8) is 0 Å². The molecule has 0 radical (unpaired) electrons. The van der Waals surface area contributed by atoms with Gasteiger partial charge in [-0.25, -0.2) is 9.97 Å². The van der Waals surface area contributed by atoms with Gasteiger partial charge in [-0.2, -0.15) is 0 Å². The molecule has 0 amide bonds. The number of nitrogens with one attached hydrogen (secondary N) is 1. The lowest BCUT2D eigenvalue weighted by molar-refractivity contribution is 0.347. The van der Waals surface area contributed by atoms with Crippen LogP contribution in [-0.4, -0.2) is 31.3 Å². The van der Waals surface area contributed by atoms with Crippen LogP contribution in [0.4, 0.5) is 0 Å². The molecule has 1 N–H and O–H groups in total. The van der Waals surface area contributed by atoms with E-state index in [0.29, 0.717) is 33.8 Å². The zero-order valence-electron chi connectivity index (χ0n) is 15.2. The van der Waals surface area contributed by atoms with Crippen LogP contribution in [0.15, 0.2) is 54.6 Å². The number of hydrogen-bond donors (Lipinski definition) is 1. The van der Waals surface area contributed by atoms with E-state index >= 15 is 0 Å². The Bertz CT molecular complexity index is 1090. The molecule has 1 aliphatic rings. The number of fused-ring (bicyclic) bond motifs is 1. The zero-order valence-corrected chi connectivity index (χ0v) is 17.5. The maximum absolute atomic E-state index is 6.36. The Morgan fingerprint density at radius 2 is 1.93 bits per heavy atom. The predicted octanol–water partition coefficient (Wildman–Crippen LogP) is 5.61. The fraction of sp³-hybridized carbons (Fsp3) is 0.200. The van der Waals surface area contributed by atoms with Crippen molar-refractivity contribution >= 4 is 46.0 Å². The number of halogens is 3. The maximum atomic E-state index is 6.36. The minimum absolute atomic E-state index is 0.426. The molecule has 1 aliphatic heterocycles. The average Bonchev–Trinajstić information content (AvgIpc) is 3.17. The van der Waals surface area contributed by atoms with Crippen LogP contribution in [-0.2, 0) is 13.0 Å². The van der Waals surface area contributed by atoms with Crippen molar-refractivity contribution < 1.29 is 0 Å². The van der Waals surface area contributed by atoms with Crippen molar-refractivity contribution in [1.82, 2.24) is 24.8 Å². The van der Waals surface area contributed by atoms with E-state index in [-0.39, 0.29) is 0 Å². The fourth-order valence-corrected chi connectivity index (χ4v) is 3.94. The minimum Gasteiger partial charge on any atom is -0.339 e. The Balaban J connectivity index is 1.58. The minimum atomic E-state index is 0.426. The summed E-state index contributed by atoms with van der Waals surface area (Å²) >= 11 is 18.3. The number of benzene rings is 1. The van der Waals surface area contributed by atoms with Crippen molar-refractivity contribution in [3.05, 3.63) is 81.2 Å². The molecule has 8 heteroatoms. The number of hydrogen-bond acceptors (Lipinski definition) is 4. The number of allylic oxidation sites excluding steroid dienone is 1. The van der Waals surface area contributed by atoms with Crippen molar-refractivity contribution in [2.45, 2.75) is 19.9 Å². The van der Waals surface area contributed by atoms with Crippen LogP contribution in [0, 0.1) is 0 Å². The van der Waals surface area contributed by atoms with Gasteiger partial charge in [0.2, 0.25) is 0 Å². The molecule has 0 fully saturated rings. The lowest BCUT2D eigenvalue weighted by atomic mass is 10.1. The number of aromatic nitrogens is 3. The SMILES string of the molecule is C=C1N(Cc2nc3nc(Cl)ccc3[nH]2)C=C(Cc2ccc(Cl)cc2Cl)N1CC. The van der Waals surface area contributed by atoms with E-state index in [2.05, 4.69) is 44.5 Å². The standard InChI is InChI=1S/C20H18Cl3N5/c1-3-28-12(2)27(10-15(28)8-13-4-5-14(21)9-16(13)22)11-19-24-17-6-7-18(23)25-20(17)26-19/h4-7,9-10H,2-3,8,11H2,1H3,(H,24,25,26). The van der Waals surface area contributed by atoms with Crippen molar-refractivity contribution in [1.29, 1.82) is 0 Å². The molecule has 2 aromatic heterocycles. The highest BCUT2D eigenvalue weighted by Gasteiger charge is 2.25. The van der Waals surface area contributed by atoms with Gasteiger partial charge in [-0.1, -0.05) is 47.4 Å². The number of aromatic amines is 1. The van der Waals surface area contributed by atoms with Gasteiger partial charge in [-0.15, -0.1) is 0 Å². The quantitative estimate of drug-likeness (QED) is 0.530. The number of rotatable bonds is 5. The van der Waals surface area contributed by atoms with Crippen LogP contribution < -0.4 is 0 Å². The van der Waals surface area contributed by atoms with Crippen LogP contribution in [0.2, 0.25) is 15.2 Å². The third kappa shape index (κ3) is 3.70. The summed E-state index contributed by atoms with van der Waals surface area (Å²) in [4.78, 5) is 16.3. The lowest BCUT2D eigenvalue weighted by Gasteiger charge is -2.24. The molecule has 144 valence electrons. The molecular weight excluding hydrogens is 417 g/mol. The van der Waals surface area contributed by atoms with Crippen LogP contribution in [0.5, 0.6) is 0 Å². The van der Waals surface area contributed by atoms with Crippen molar-refractivity contribution in [2.75, 3.05) is 6.54 Å². The maximum Gasteiger partial charge on any atom is 0.179 e. The van der Waals surface area contributed by atoms with E-state index in [4.69, 9.17) is 34.8 Å². The van der Waals surface area contributed by atoms with Gasteiger partial charge in [0.1, 0.15) is 16.8 Å². The second kappa shape index (κ2) is 7.66. The summed E-state index contributed by atoms with van der Waals surface area (Å²) in [7, 11) is 0. The summed E-state index contributed by atoms with van der Waals surface area (Å²) in [6, 6.07) is 9.20. The van der Waals surface area contributed by atoms with Crippen LogP contribution in [0.25, 0.3) is 11.2 Å². The van der Waals surface area contributed by atoms with Gasteiger partial charge in [-0.3, -0.25) is 0 Å². The van der Waals surface area contributed by atoms with Crippen LogP contribution in [0.3, 0.4) is 0 Å². The molecule has 4 rings (SSSR count). The Morgan fingerprint density at radius 1 is 1.11 bits per heavy atom. The molecule has 0 aliphatic carbocycles. The summed E-state index contributed by atoms with van der Waals surface area (Å²) < 4.78 is 0. The molecule has 0 spiro atoms. The molecule has 1 aromatic carbocycles. The van der Waals surface area contributed by atoms with Gasteiger partial charge in [-0.05, 0) is 36.8 Å². The third-order valence-electron chi connectivity index (χ3n) is 4.68. The monoisotopic (exact) mass is 433 g/mol. The number of likely N-dealkylation sites (N-methyl/N-ethyl adjacent to an activating group) is 1. The molecule has 28 heavy (non-hydrogen) atoms. The van der Waals surface area contributed by atoms with E-state index in [9.17, 15) is 0 Å². The van der Waals surface area contributed by atoms with Gasteiger partial charge in [0.15, 0.2) is 5.65 Å². The van der Waals surface area contributed by atoms with Gasteiger partial charge in [0, 0.05) is 34.9 Å². The molecule has 0 atom stereocenters. The summed E-state index contributed by atoms with van der Waals surface area (Å²) in [5.74, 6) is 1.69. The van der Waals surface area contributed by atoms with Gasteiger partial charge in [0.25, 0.3) is 0 Å². The van der Waals surface area contributed by atoms with E-state index in [1.54, 1.807) is 12.1 Å². The summed E-state index contributed by atoms with van der Waals surface area (Å²) in [6.07, 6.45) is 2.78. The number of imidazole rings is 1. The normalized spacial score (nSPS) is 14.3. The second-order valence-corrected chi connectivity index (χ2v) is 7.74. The highest BCUT2D eigenvalue weighted by Crippen LogP contribution is 2.31. The Morgan fingerprint density at radius 3 is 2.68 bits per heavy atom. The van der Waals surface area contributed by atoms with E-state index in [1.165, 1.54) is 0 Å². The smallest absolute Gasteiger partial charge is 0.179 e. The molecule has 0 saturated carbocycles. The molecule has 5 nitrogen and oxygen atoms in total. The first-order valence-electron chi connectivity index (χ1n) is 8.83. The first kappa shape index (κ1) is 19.1. The second-order valence-electron chi connectivity index (χ2n) is 6.51. The molecule has 0 saturated heterocycles. The Hall–Kier alpha value is -2.21. The molecule has 0 unspecified atom stereocenters. The number of pyridine rings is 1. The summed E-state index contributed by atoms with van der Waals surface area (Å²) in [5.41, 5.74) is 3.60. The largest absolute Gasteiger partial charge is 0.339 e. The zero-order chi connectivity index (χ0) is 19.8. The first-order chi connectivity index (χ1) is 13.4. The number of nitrogens with zero attached hydrogens (tertiary/aromatic N) is 4. The summed E-state index contributed by atoms with van der Waals surface area (Å²) in [6.45, 7) is 7.71. The first-order valence-corrected chi connectivity index (χ1v) is 9.97. The Labute approximate surface area is 178 Å². The molecular formula is C20H18Cl3N5. The predicted molar refractivity (Wildman–Crippen MR) is 114 cm³/mol. The Kier molecular flexibility index (Phi) is 5.23. The van der Waals surface area contributed by atoms with E-state index < -0.39 is 0 Å².